The third-order valence-electron chi connectivity index (χ3n) is 4.62. The maximum absolute atomic E-state index is 12.5. The van der Waals surface area contributed by atoms with E-state index in [-0.39, 0.29) is 11.9 Å². The number of anilines is 1. The Morgan fingerprint density at radius 2 is 2.08 bits per heavy atom. The largest absolute Gasteiger partial charge is 0.497 e. The monoisotopic (exact) mass is 374 g/mol. The van der Waals surface area contributed by atoms with Crippen LogP contribution in [-0.4, -0.2) is 38.1 Å². The summed E-state index contributed by atoms with van der Waals surface area (Å²) in [5.41, 5.74) is 1.79. The van der Waals surface area contributed by atoms with Crippen LogP contribution in [0.3, 0.4) is 0 Å². The molecule has 1 amide bonds. The fourth-order valence-corrected chi connectivity index (χ4v) is 3.60. The zero-order valence-corrected chi connectivity index (χ0v) is 15.8. The highest BCUT2D eigenvalue weighted by atomic mass is 35.5. The van der Waals surface area contributed by atoms with Crippen molar-refractivity contribution < 1.29 is 14.3 Å². The van der Waals surface area contributed by atoms with E-state index in [0.717, 1.165) is 36.4 Å². The molecular formula is C20H23ClN2O3. The summed E-state index contributed by atoms with van der Waals surface area (Å²) in [6.45, 7) is 1.20. The molecule has 138 valence electrons. The summed E-state index contributed by atoms with van der Waals surface area (Å²) in [5, 5.41) is 3.51. The van der Waals surface area contributed by atoms with Gasteiger partial charge >= 0.3 is 0 Å². The number of nitrogens with one attached hydrogen (secondary N) is 1. The zero-order chi connectivity index (χ0) is 18.5. The Morgan fingerprint density at radius 3 is 2.81 bits per heavy atom. The highest BCUT2D eigenvalue weighted by Gasteiger charge is 2.29. The molecule has 1 fully saturated rings. The van der Waals surface area contributed by atoms with Crippen LogP contribution >= 0.6 is 11.6 Å². The molecule has 6 heteroatoms. The van der Waals surface area contributed by atoms with Crippen molar-refractivity contribution in [2.75, 3.05) is 32.6 Å². The molecule has 0 aromatic heterocycles. The van der Waals surface area contributed by atoms with Gasteiger partial charge in [-0.3, -0.25) is 9.69 Å². The van der Waals surface area contributed by atoms with Gasteiger partial charge < -0.3 is 14.8 Å². The number of nitrogens with zero attached hydrogens (tertiary/aromatic N) is 1. The second-order valence-corrected chi connectivity index (χ2v) is 6.73. The Hall–Kier alpha value is -2.24. The third-order valence-corrected chi connectivity index (χ3v) is 4.85. The topological polar surface area (TPSA) is 50.8 Å². The number of methoxy groups -OCH3 is 2. The van der Waals surface area contributed by atoms with Crippen LogP contribution in [0, 0.1) is 0 Å². The molecule has 1 N–H and O–H groups in total. The molecule has 0 saturated carbocycles. The number of amides is 1. The summed E-state index contributed by atoms with van der Waals surface area (Å²) in [6, 6.07) is 13.2. The molecule has 0 aliphatic carbocycles. The average molecular weight is 375 g/mol. The molecule has 1 heterocycles. The summed E-state index contributed by atoms with van der Waals surface area (Å²) < 4.78 is 10.8. The van der Waals surface area contributed by atoms with Crippen LogP contribution in [0.4, 0.5) is 5.69 Å². The summed E-state index contributed by atoms with van der Waals surface area (Å²) in [5.74, 6) is 1.50. The van der Waals surface area contributed by atoms with Gasteiger partial charge in [0, 0.05) is 28.4 Å². The molecule has 26 heavy (non-hydrogen) atoms. The molecule has 0 bridgehead atoms. The van der Waals surface area contributed by atoms with Gasteiger partial charge in [0.05, 0.1) is 20.8 Å². The molecule has 1 aliphatic heterocycles. The maximum Gasteiger partial charge on any atom is 0.238 e. The van der Waals surface area contributed by atoms with Crippen molar-refractivity contribution in [3.63, 3.8) is 0 Å². The van der Waals surface area contributed by atoms with E-state index in [2.05, 4.69) is 10.2 Å². The van der Waals surface area contributed by atoms with Gasteiger partial charge in [-0.15, -0.1) is 0 Å². The maximum atomic E-state index is 12.5. The van der Waals surface area contributed by atoms with Crippen LogP contribution in [0.5, 0.6) is 11.5 Å². The van der Waals surface area contributed by atoms with Crippen LogP contribution in [0.2, 0.25) is 5.02 Å². The average Bonchev–Trinajstić information content (AvgIpc) is 3.08. The van der Waals surface area contributed by atoms with Crippen molar-refractivity contribution in [3.05, 3.63) is 53.1 Å². The number of rotatable bonds is 6. The minimum absolute atomic E-state index is 0.0494. The highest BCUT2D eigenvalue weighted by Crippen LogP contribution is 2.38. The molecular weight excluding hydrogens is 352 g/mol. The first-order chi connectivity index (χ1) is 12.6. The van der Waals surface area contributed by atoms with E-state index in [4.69, 9.17) is 21.1 Å². The molecule has 0 spiro atoms. The SMILES string of the molecule is COc1ccc([C@@H]2CCCN2CC(=O)Nc2cccc(Cl)c2)c(OC)c1. The van der Waals surface area contributed by atoms with Crippen molar-refractivity contribution >= 4 is 23.2 Å². The second-order valence-electron chi connectivity index (χ2n) is 6.29. The summed E-state index contributed by atoms with van der Waals surface area (Å²) >= 11 is 5.97. The number of ether oxygens (including phenoxy) is 2. The van der Waals surface area contributed by atoms with Crippen molar-refractivity contribution in [2.45, 2.75) is 18.9 Å². The molecule has 0 unspecified atom stereocenters. The lowest BCUT2D eigenvalue weighted by Crippen LogP contribution is -2.33. The predicted molar refractivity (Wildman–Crippen MR) is 103 cm³/mol. The quantitative estimate of drug-likeness (QED) is 0.825. The van der Waals surface area contributed by atoms with Crippen molar-refractivity contribution in [3.8, 4) is 11.5 Å². The lowest BCUT2D eigenvalue weighted by atomic mass is 10.0. The van der Waals surface area contributed by atoms with Gasteiger partial charge in [-0.25, -0.2) is 0 Å². The van der Waals surface area contributed by atoms with Crippen LogP contribution in [-0.2, 0) is 4.79 Å². The van der Waals surface area contributed by atoms with Gasteiger partial charge in [0.1, 0.15) is 11.5 Å². The van der Waals surface area contributed by atoms with E-state index in [9.17, 15) is 4.79 Å². The number of halogens is 1. The number of benzene rings is 2. The predicted octanol–water partition coefficient (Wildman–Crippen LogP) is 4.13. The normalized spacial score (nSPS) is 17.1. The number of carbonyl (C=O) groups excluding carboxylic acids is 1. The van der Waals surface area contributed by atoms with E-state index in [1.807, 2.05) is 30.3 Å². The third kappa shape index (κ3) is 4.29. The van der Waals surface area contributed by atoms with Gasteiger partial charge in [0.25, 0.3) is 0 Å². The molecule has 2 aromatic rings. The second kappa shape index (κ2) is 8.43. The van der Waals surface area contributed by atoms with Crippen LogP contribution in [0.25, 0.3) is 0 Å². The van der Waals surface area contributed by atoms with Gasteiger partial charge in [-0.1, -0.05) is 23.7 Å². The van der Waals surface area contributed by atoms with Crippen LogP contribution < -0.4 is 14.8 Å². The fraction of sp³-hybridized carbons (Fsp3) is 0.350. The summed E-state index contributed by atoms with van der Waals surface area (Å²) in [4.78, 5) is 14.6. The molecule has 1 atom stereocenters. The molecule has 1 saturated heterocycles. The van der Waals surface area contributed by atoms with Gasteiger partial charge in [0.15, 0.2) is 0 Å². The van der Waals surface area contributed by atoms with Gasteiger partial charge in [-0.2, -0.15) is 0 Å². The van der Waals surface area contributed by atoms with Gasteiger partial charge in [-0.05, 0) is 43.7 Å². The Kier molecular flexibility index (Phi) is 6.01. The standard InChI is InChI=1S/C20H23ClN2O3/c1-25-16-8-9-17(19(12-16)26-2)18-7-4-10-23(18)13-20(24)22-15-6-3-5-14(21)11-15/h3,5-6,8-9,11-12,18H,4,7,10,13H2,1-2H3,(H,22,24)/t18-/m0/s1. The summed E-state index contributed by atoms with van der Waals surface area (Å²) in [6.07, 6.45) is 2.04. The Labute approximate surface area is 158 Å². The molecule has 5 nitrogen and oxygen atoms in total. The number of carbonyl (C=O) groups is 1. The first kappa shape index (κ1) is 18.5. The minimum atomic E-state index is -0.0494. The van der Waals surface area contributed by atoms with Crippen molar-refractivity contribution in [1.82, 2.24) is 4.90 Å². The zero-order valence-electron chi connectivity index (χ0n) is 15.0. The Balaban J connectivity index is 1.71. The number of hydrogen-bond acceptors (Lipinski definition) is 4. The van der Waals surface area contributed by atoms with Crippen molar-refractivity contribution in [2.24, 2.45) is 0 Å². The minimum Gasteiger partial charge on any atom is -0.497 e. The fourth-order valence-electron chi connectivity index (χ4n) is 3.41. The van der Waals surface area contributed by atoms with E-state index >= 15 is 0 Å². The lowest BCUT2D eigenvalue weighted by Gasteiger charge is -2.26. The molecule has 3 rings (SSSR count). The van der Waals surface area contributed by atoms with Crippen molar-refractivity contribution in [1.29, 1.82) is 0 Å². The van der Waals surface area contributed by atoms with E-state index in [1.54, 1.807) is 26.4 Å². The van der Waals surface area contributed by atoms with E-state index in [0.29, 0.717) is 17.3 Å². The highest BCUT2D eigenvalue weighted by molar-refractivity contribution is 6.30. The number of likely N-dealkylation sites (tertiary alicyclic amines) is 1. The van der Waals surface area contributed by atoms with Crippen LogP contribution in [0.1, 0.15) is 24.4 Å². The van der Waals surface area contributed by atoms with Gasteiger partial charge in [0.2, 0.25) is 5.91 Å². The molecule has 0 radical (unpaired) electrons. The number of hydrogen-bond donors (Lipinski definition) is 1. The first-order valence-corrected chi connectivity index (χ1v) is 9.00. The molecule has 1 aliphatic rings. The first-order valence-electron chi connectivity index (χ1n) is 8.62. The smallest absolute Gasteiger partial charge is 0.238 e. The Morgan fingerprint density at radius 1 is 1.23 bits per heavy atom. The van der Waals surface area contributed by atoms with Crippen LogP contribution in [0.15, 0.2) is 42.5 Å². The molecule has 2 aromatic carbocycles. The van der Waals surface area contributed by atoms with E-state index in [1.165, 1.54) is 0 Å². The lowest BCUT2D eigenvalue weighted by molar-refractivity contribution is -0.117. The summed E-state index contributed by atoms with van der Waals surface area (Å²) in [7, 11) is 3.29. The van der Waals surface area contributed by atoms with E-state index < -0.39 is 0 Å². The Bertz CT molecular complexity index is 781.